The molecular formula is C58H44BN3O2. The van der Waals surface area contributed by atoms with Gasteiger partial charge in [-0.1, -0.05) is 130 Å². The highest BCUT2D eigenvalue weighted by molar-refractivity contribution is 6.99. The lowest BCUT2D eigenvalue weighted by atomic mass is 9.34. The molecule has 1 aromatic heterocycles. The summed E-state index contributed by atoms with van der Waals surface area (Å²) in [6.45, 7) is 6.71. The van der Waals surface area contributed by atoms with Gasteiger partial charge in [0.1, 0.15) is 11.3 Å². The molecule has 0 unspecified atom stereocenters. The van der Waals surface area contributed by atoms with Gasteiger partial charge in [-0.15, -0.1) is 0 Å². The summed E-state index contributed by atoms with van der Waals surface area (Å²) in [5, 5.41) is 2.08. The van der Waals surface area contributed by atoms with Gasteiger partial charge in [0.2, 0.25) is 0 Å². The Morgan fingerprint density at radius 2 is 0.953 bits per heavy atom. The van der Waals surface area contributed by atoms with Crippen LogP contribution in [0.1, 0.15) is 26.3 Å². The zero-order chi connectivity index (χ0) is 42.9. The number of rotatable bonds is 7. The van der Waals surface area contributed by atoms with Crippen molar-refractivity contribution < 1.29 is 9.15 Å². The molecule has 0 saturated heterocycles. The minimum absolute atomic E-state index is 0.117. The summed E-state index contributed by atoms with van der Waals surface area (Å²) in [6.07, 6.45) is 0. The molecule has 9 aromatic carbocycles. The fourth-order valence-electron chi connectivity index (χ4n) is 9.78. The summed E-state index contributed by atoms with van der Waals surface area (Å²) in [4.78, 5) is 7.06. The van der Waals surface area contributed by atoms with Gasteiger partial charge in [-0.2, -0.15) is 0 Å². The standard InChI is InChI=1S/C58H44BN3O2/c1-58(2,3)39-35-52-55-54(36-39)64-57-50(34-32-48-47-31-29-46(38-53(47)63-56(48)57)61(42-23-13-6-14-24-42)43-25-15-7-16-26-43)59(55)49-33-30-45(37-51(49)62(52)44-27-17-8-18-28-44)60(40-19-9-4-10-20-40)41-21-11-5-12-22-41/h4-38H,1-3H3. The van der Waals surface area contributed by atoms with Crippen molar-refractivity contribution in [3.63, 3.8) is 0 Å². The van der Waals surface area contributed by atoms with E-state index in [1.807, 2.05) is 0 Å². The second-order valence-electron chi connectivity index (χ2n) is 17.8. The fourth-order valence-corrected chi connectivity index (χ4v) is 9.78. The lowest BCUT2D eigenvalue weighted by Crippen LogP contribution is -2.59. The van der Waals surface area contributed by atoms with E-state index in [0.717, 1.165) is 95.5 Å². The van der Waals surface area contributed by atoms with Crippen LogP contribution in [0.2, 0.25) is 0 Å². The van der Waals surface area contributed by atoms with E-state index in [1.54, 1.807) is 0 Å². The van der Waals surface area contributed by atoms with Gasteiger partial charge in [0, 0.05) is 68.0 Å². The first-order valence-electron chi connectivity index (χ1n) is 22.0. The second kappa shape index (κ2) is 14.9. The zero-order valence-electron chi connectivity index (χ0n) is 35.9. The third kappa shape index (κ3) is 6.17. The second-order valence-corrected chi connectivity index (χ2v) is 17.8. The first-order valence-corrected chi connectivity index (χ1v) is 22.0. The van der Waals surface area contributed by atoms with Gasteiger partial charge in [-0.25, -0.2) is 0 Å². The Morgan fingerprint density at radius 1 is 0.453 bits per heavy atom. The summed E-state index contributed by atoms with van der Waals surface area (Å²) in [7, 11) is 0. The molecule has 0 amide bonds. The first kappa shape index (κ1) is 37.8. The molecular weight excluding hydrogens is 781 g/mol. The molecule has 306 valence electrons. The van der Waals surface area contributed by atoms with E-state index in [2.05, 4.69) is 248 Å². The summed E-state index contributed by atoms with van der Waals surface area (Å²) in [6, 6.07) is 75.7. The SMILES string of the molecule is CC(C)(C)c1cc2c3c(c1)N(c1ccccc1)c1cc(N(c4ccccc4)c4ccccc4)ccc1B3c1ccc3c(oc4cc(N(c5ccccc5)c5ccccc5)ccc43)c1O2. The van der Waals surface area contributed by atoms with Crippen molar-refractivity contribution in [2.45, 2.75) is 26.2 Å². The van der Waals surface area contributed by atoms with Gasteiger partial charge in [0.05, 0.1) is 0 Å². The summed E-state index contributed by atoms with van der Waals surface area (Å²) in [5.74, 6) is 1.63. The molecule has 0 saturated carbocycles. The largest absolute Gasteiger partial charge is 0.454 e. The molecule has 10 aromatic rings. The Morgan fingerprint density at radius 3 is 1.52 bits per heavy atom. The number of hydrogen-bond acceptors (Lipinski definition) is 5. The van der Waals surface area contributed by atoms with E-state index in [9.17, 15) is 0 Å². The number of para-hydroxylation sites is 5. The van der Waals surface area contributed by atoms with Crippen LogP contribution in [0, 0.1) is 0 Å². The number of furan rings is 1. The molecule has 5 nitrogen and oxygen atoms in total. The van der Waals surface area contributed by atoms with Gasteiger partial charge in [-0.05, 0) is 124 Å². The maximum atomic E-state index is 7.26. The highest BCUT2D eigenvalue weighted by Gasteiger charge is 2.44. The van der Waals surface area contributed by atoms with Gasteiger partial charge in [0.15, 0.2) is 11.3 Å². The van der Waals surface area contributed by atoms with Crippen molar-refractivity contribution in [1.29, 1.82) is 0 Å². The van der Waals surface area contributed by atoms with Crippen molar-refractivity contribution in [3.8, 4) is 11.5 Å². The highest BCUT2D eigenvalue weighted by atomic mass is 16.5. The predicted octanol–water partition coefficient (Wildman–Crippen LogP) is 14.2. The topological polar surface area (TPSA) is 32.1 Å². The van der Waals surface area contributed by atoms with Crippen molar-refractivity contribution in [3.05, 3.63) is 218 Å². The first-order chi connectivity index (χ1) is 31.4. The third-order valence-corrected chi connectivity index (χ3v) is 12.8. The van der Waals surface area contributed by atoms with Crippen LogP contribution < -0.4 is 35.8 Å². The molecule has 0 fully saturated rings. The molecule has 0 N–H and O–H groups in total. The van der Waals surface area contributed by atoms with E-state index in [1.165, 1.54) is 11.0 Å². The highest BCUT2D eigenvalue weighted by Crippen LogP contribution is 2.47. The predicted molar refractivity (Wildman–Crippen MR) is 268 cm³/mol. The minimum atomic E-state index is -0.155. The zero-order valence-corrected chi connectivity index (χ0v) is 35.9. The van der Waals surface area contributed by atoms with Gasteiger partial charge < -0.3 is 23.9 Å². The number of anilines is 9. The molecule has 0 aliphatic carbocycles. The average molecular weight is 826 g/mol. The number of benzene rings is 9. The Hall–Kier alpha value is -7.96. The van der Waals surface area contributed by atoms with Gasteiger partial charge in [-0.3, -0.25) is 0 Å². The van der Waals surface area contributed by atoms with Crippen LogP contribution in [0.5, 0.6) is 11.5 Å². The molecule has 2 aliphatic rings. The minimum Gasteiger partial charge on any atom is -0.454 e. The van der Waals surface area contributed by atoms with Crippen LogP contribution in [0.25, 0.3) is 21.9 Å². The lowest BCUT2D eigenvalue weighted by Gasteiger charge is -2.41. The van der Waals surface area contributed by atoms with E-state index in [4.69, 9.17) is 9.15 Å². The smallest absolute Gasteiger partial charge is 0.256 e. The van der Waals surface area contributed by atoms with Gasteiger partial charge in [0.25, 0.3) is 6.71 Å². The summed E-state index contributed by atoms with van der Waals surface area (Å²) < 4.78 is 14.3. The normalized spacial score (nSPS) is 12.7. The van der Waals surface area contributed by atoms with Crippen molar-refractivity contribution in [2.75, 3.05) is 14.7 Å². The van der Waals surface area contributed by atoms with Crippen molar-refractivity contribution >= 4 is 96.2 Å². The summed E-state index contributed by atoms with van der Waals surface area (Å²) >= 11 is 0. The molecule has 0 atom stereocenters. The van der Waals surface area contributed by atoms with Crippen molar-refractivity contribution in [1.82, 2.24) is 0 Å². The molecule has 64 heavy (non-hydrogen) atoms. The number of fused-ring (bicyclic) bond motifs is 8. The fraction of sp³-hybridized carbons (Fsp3) is 0.0690. The van der Waals surface area contributed by atoms with Crippen LogP contribution in [-0.2, 0) is 5.41 Å². The van der Waals surface area contributed by atoms with Gasteiger partial charge >= 0.3 is 0 Å². The number of ether oxygens (including phenoxy) is 1. The molecule has 6 heteroatoms. The molecule has 0 spiro atoms. The Labute approximate surface area is 374 Å². The van der Waals surface area contributed by atoms with Crippen LogP contribution in [0.3, 0.4) is 0 Å². The quantitative estimate of drug-likeness (QED) is 0.149. The van der Waals surface area contributed by atoms with E-state index in [0.29, 0.717) is 0 Å². The van der Waals surface area contributed by atoms with Crippen LogP contribution in [0.15, 0.2) is 217 Å². The third-order valence-electron chi connectivity index (χ3n) is 12.8. The van der Waals surface area contributed by atoms with Crippen molar-refractivity contribution in [2.24, 2.45) is 0 Å². The number of nitrogens with zero attached hydrogens (tertiary/aromatic N) is 3. The molecule has 0 radical (unpaired) electrons. The maximum absolute atomic E-state index is 7.26. The summed E-state index contributed by atoms with van der Waals surface area (Å²) in [5.41, 5.74) is 15.8. The monoisotopic (exact) mass is 825 g/mol. The maximum Gasteiger partial charge on any atom is 0.256 e. The number of hydrogen-bond donors (Lipinski definition) is 0. The molecule has 0 bridgehead atoms. The Balaban J connectivity index is 1.08. The van der Waals surface area contributed by atoms with Crippen LogP contribution in [-0.4, -0.2) is 6.71 Å². The van der Waals surface area contributed by atoms with Crippen LogP contribution >= 0.6 is 0 Å². The lowest BCUT2D eigenvalue weighted by molar-refractivity contribution is 0.477. The average Bonchev–Trinajstić information content (AvgIpc) is 3.71. The van der Waals surface area contributed by atoms with E-state index in [-0.39, 0.29) is 12.1 Å². The van der Waals surface area contributed by atoms with E-state index < -0.39 is 0 Å². The van der Waals surface area contributed by atoms with Crippen LogP contribution in [0.4, 0.5) is 51.2 Å². The Kier molecular flexibility index (Phi) is 8.77. The molecule has 3 heterocycles. The Bertz CT molecular complexity index is 3270. The van der Waals surface area contributed by atoms with E-state index >= 15 is 0 Å². The molecule has 2 aliphatic heterocycles. The molecule has 12 rings (SSSR count).